The van der Waals surface area contributed by atoms with E-state index < -0.39 is 0 Å². The van der Waals surface area contributed by atoms with Gasteiger partial charge in [0.15, 0.2) is 0 Å². The van der Waals surface area contributed by atoms with Crippen molar-refractivity contribution in [1.82, 2.24) is 5.32 Å². The van der Waals surface area contributed by atoms with Crippen molar-refractivity contribution < 1.29 is 0 Å². The predicted octanol–water partition coefficient (Wildman–Crippen LogP) is 5.46. The summed E-state index contributed by atoms with van der Waals surface area (Å²) >= 11 is 1.98. The van der Waals surface area contributed by atoms with Crippen LogP contribution in [0.15, 0.2) is 12.1 Å². The molecule has 0 atom stereocenters. The molecule has 0 aliphatic rings. The highest BCUT2D eigenvalue weighted by Gasteiger charge is 2.14. The van der Waals surface area contributed by atoms with E-state index >= 15 is 0 Å². The van der Waals surface area contributed by atoms with Crippen LogP contribution in [0.1, 0.15) is 49.3 Å². The first-order chi connectivity index (χ1) is 9.88. The van der Waals surface area contributed by atoms with Crippen LogP contribution < -0.4 is 5.32 Å². The molecule has 1 heterocycles. The molecule has 0 spiro atoms. The van der Waals surface area contributed by atoms with E-state index in [9.17, 15) is 0 Å². The summed E-state index contributed by atoms with van der Waals surface area (Å²) in [7, 11) is 0. The Labute approximate surface area is 133 Å². The number of nitrogens with one attached hydrogen (secondary N) is 1. The van der Waals surface area contributed by atoms with Gasteiger partial charge in [-0.15, -0.1) is 11.3 Å². The van der Waals surface area contributed by atoms with Gasteiger partial charge >= 0.3 is 0 Å². The average molecular weight is 304 g/mol. The smallest absolute Gasteiger partial charge is 0.0351 e. The Morgan fingerprint density at radius 3 is 2.29 bits per heavy atom. The van der Waals surface area contributed by atoms with E-state index in [1.165, 1.54) is 32.5 Å². The largest absolute Gasteiger partial charge is 0.312 e. The molecule has 1 nitrogen and oxygen atoms in total. The Morgan fingerprint density at radius 1 is 1.00 bits per heavy atom. The topological polar surface area (TPSA) is 12.0 Å². The van der Waals surface area contributed by atoms with Gasteiger partial charge in [0.05, 0.1) is 0 Å². The van der Waals surface area contributed by atoms with Gasteiger partial charge in [0.1, 0.15) is 0 Å². The van der Waals surface area contributed by atoms with E-state index in [0.717, 1.165) is 13.1 Å². The highest BCUT2D eigenvalue weighted by Crippen LogP contribution is 2.34. The third-order valence-corrected chi connectivity index (χ3v) is 5.14. The molecule has 116 valence electrons. The zero-order valence-electron chi connectivity index (χ0n) is 14.3. The Bertz CT molecular complexity index is 608. The fourth-order valence-electron chi connectivity index (χ4n) is 2.70. The third kappa shape index (κ3) is 4.08. The minimum atomic E-state index is 0.702. The number of hydrogen-bond acceptors (Lipinski definition) is 2. The Kier molecular flexibility index (Phi) is 5.45. The Hall–Kier alpha value is -0.860. The van der Waals surface area contributed by atoms with Gasteiger partial charge in [-0.2, -0.15) is 0 Å². The standard InChI is InChI=1S/C19H29NS/c1-12(2)7-16-17-8-14(5)15(6)9-18(17)21-19(16)11-20-10-13(3)4/h8-9,12-13,20H,7,10-11H2,1-6H3. The first kappa shape index (κ1) is 16.5. The molecule has 2 heteroatoms. The number of fused-ring (bicyclic) bond motifs is 1. The van der Waals surface area contributed by atoms with Crippen molar-refractivity contribution in [3.8, 4) is 0 Å². The van der Waals surface area contributed by atoms with Gasteiger partial charge in [-0.3, -0.25) is 0 Å². The summed E-state index contributed by atoms with van der Waals surface area (Å²) in [5.41, 5.74) is 4.39. The van der Waals surface area contributed by atoms with E-state index in [2.05, 4.69) is 59.0 Å². The van der Waals surface area contributed by atoms with Crippen molar-refractivity contribution in [2.24, 2.45) is 11.8 Å². The van der Waals surface area contributed by atoms with Gasteiger partial charge in [0.25, 0.3) is 0 Å². The van der Waals surface area contributed by atoms with Crippen LogP contribution >= 0.6 is 11.3 Å². The monoisotopic (exact) mass is 303 g/mol. The second-order valence-corrected chi connectivity index (χ2v) is 8.20. The molecular formula is C19H29NS. The maximum Gasteiger partial charge on any atom is 0.0351 e. The zero-order valence-corrected chi connectivity index (χ0v) is 15.2. The van der Waals surface area contributed by atoms with Crippen molar-refractivity contribution in [2.75, 3.05) is 6.54 Å². The molecule has 2 rings (SSSR count). The molecule has 0 aliphatic heterocycles. The molecule has 0 radical (unpaired) electrons. The molecular weight excluding hydrogens is 274 g/mol. The number of thiophene rings is 1. The van der Waals surface area contributed by atoms with Crippen molar-refractivity contribution in [1.29, 1.82) is 0 Å². The highest BCUT2D eigenvalue weighted by molar-refractivity contribution is 7.19. The molecule has 21 heavy (non-hydrogen) atoms. The second-order valence-electron chi connectivity index (χ2n) is 7.06. The molecule has 1 aromatic heterocycles. The van der Waals surface area contributed by atoms with Gasteiger partial charge in [0, 0.05) is 16.1 Å². The Balaban J connectivity index is 2.37. The SMILES string of the molecule is Cc1cc2sc(CNCC(C)C)c(CC(C)C)c2cc1C. The van der Waals surface area contributed by atoms with Gasteiger partial charge in [0.2, 0.25) is 0 Å². The predicted molar refractivity (Wildman–Crippen MR) is 96.4 cm³/mol. The summed E-state index contributed by atoms with van der Waals surface area (Å²) in [6, 6.07) is 4.76. The third-order valence-electron chi connectivity index (χ3n) is 3.94. The number of benzene rings is 1. The van der Waals surface area contributed by atoms with Crippen LogP contribution in [-0.4, -0.2) is 6.54 Å². The van der Waals surface area contributed by atoms with Gasteiger partial charge in [-0.25, -0.2) is 0 Å². The van der Waals surface area contributed by atoms with Crippen molar-refractivity contribution >= 4 is 21.4 Å². The molecule has 0 saturated carbocycles. The quantitative estimate of drug-likeness (QED) is 0.747. The first-order valence-corrected chi connectivity index (χ1v) is 8.92. The summed E-state index contributed by atoms with van der Waals surface area (Å²) in [6.07, 6.45) is 1.18. The lowest BCUT2D eigenvalue weighted by Crippen LogP contribution is -2.19. The van der Waals surface area contributed by atoms with Crippen LogP contribution in [0.25, 0.3) is 10.1 Å². The fraction of sp³-hybridized carbons (Fsp3) is 0.579. The Morgan fingerprint density at radius 2 is 1.67 bits per heavy atom. The zero-order chi connectivity index (χ0) is 15.6. The van der Waals surface area contributed by atoms with E-state index in [1.54, 1.807) is 5.56 Å². The van der Waals surface area contributed by atoms with Crippen LogP contribution in [-0.2, 0) is 13.0 Å². The summed E-state index contributed by atoms with van der Waals surface area (Å²) < 4.78 is 1.45. The normalized spacial score (nSPS) is 12.0. The molecule has 0 unspecified atom stereocenters. The van der Waals surface area contributed by atoms with Crippen molar-refractivity contribution in [3.05, 3.63) is 33.7 Å². The minimum absolute atomic E-state index is 0.702. The highest BCUT2D eigenvalue weighted by atomic mass is 32.1. The molecule has 0 bridgehead atoms. The van der Waals surface area contributed by atoms with Crippen molar-refractivity contribution in [3.63, 3.8) is 0 Å². The number of aryl methyl sites for hydroxylation is 2. The van der Waals surface area contributed by atoms with Gasteiger partial charge in [-0.05, 0) is 66.8 Å². The maximum atomic E-state index is 3.62. The van der Waals surface area contributed by atoms with E-state index in [-0.39, 0.29) is 0 Å². The van der Waals surface area contributed by atoms with Crippen LogP contribution in [0.5, 0.6) is 0 Å². The van der Waals surface area contributed by atoms with Crippen LogP contribution in [0, 0.1) is 25.7 Å². The van der Waals surface area contributed by atoms with E-state index in [0.29, 0.717) is 11.8 Å². The van der Waals surface area contributed by atoms with Crippen molar-refractivity contribution in [2.45, 2.75) is 54.5 Å². The van der Waals surface area contributed by atoms with E-state index in [1.807, 2.05) is 11.3 Å². The average Bonchev–Trinajstić information content (AvgIpc) is 2.67. The molecule has 0 fully saturated rings. The van der Waals surface area contributed by atoms with Gasteiger partial charge in [-0.1, -0.05) is 33.8 Å². The first-order valence-electron chi connectivity index (χ1n) is 8.10. The lowest BCUT2D eigenvalue weighted by atomic mass is 9.97. The lowest BCUT2D eigenvalue weighted by Gasteiger charge is -2.10. The molecule has 1 aromatic carbocycles. The summed E-state index contributed by atoms with van der Waals surface area (Å²) in [5.74, 6) is 1.41. The molecule has 0 amide bonds. The minimum Gasteiger partial charge on any atom is -0.312 e. The number of rotatable bonds is 6. The number of hydrogen-bond donors (Lipinski definition) is 1. The summed E-state index contributed by atoms with van der Waals surface area (Å²) in [4.78, 5) is 1.53. The molecule has 2 aromatic rings. The van der Waals surface area contributed by atoms with Crippen LogP contribution in [0.3, 0.4) is 0 Å². The maximum absolute atomic E-state index is 3.62. The van der Waals surface area contributed by atoms with E-state index in [4.69, 9.17) is 0 Å². The molecule has 1 N–H and O–H groups in total. The van der Waals surface area contributed by atoms with Crippen LogP contribution in [0.4, 0.5) is 0 Å². The summed E-state index contributed by atoms with van der Waals surface area (Å²) in [6.45, 7) is 15.7. The van der Waals surface area contributed by atoms with Gasteiger partial charge < -0.3 is 5.32 Å². The molecule has 0 saturated heterocycles. The lowest BCUT2D eigenvalue weighted by molar-refractivity contribution is 0.552. The van der Waals surface area contributed by atoms with Crippen LogP contribution in [0.2, 0.25) is 0 Å². The fourth-order valence-corrected chi connectivity index (χ4v) is 3.99. The summed E-state index contributed by atoms with van der Waals surface area (Å²) in [5, 5.41) is 5.10. The second kappa shape index (κ2) is 6.93. The molecule has 0 aliphatic carbocycles.